The Morgan fingerprint density at radius 3 is 2.09 bits per heavy atom. The number of hydrogen-bond donors (Lipinski definition) is 0. The summed E-state index contributed by atoms with van der Waals surface area (Å²) in [4.78, 5) is 11.4. The topological polar surface area (TPSA) is 26.3 Å². The molecule has 126 valence electrons. The number of esters is 1. The van der Waals surface area contributed by atoms with Crippen molar-refractivity contribution in [3.63, 3.8) is 0 Å². The van der Waals surface area contributed by atoms with E-state index >= 15 is 0 Å². The molecule has 0 N–H and O–H groups in total. The third-order valence-electron chi connectivity index (χ3n) is 7.27. The smallest absolute Gasteiger partial charge is 0.303 e. The molecule has 4 aliphatic carbocycles. The van der Waals surface area contributed by atoms with Crippen LogP contribution in [0, 0.1) is 17.3 Å². The summed E-state index contributed by atoms with van der Waals surface area (Å²) in [5.41, 5.74) is 0.531. The zero-order valence-electron chi connectivity index (χ0n) is 14.7. The van der Waals surface area contributed by atoms with E-state index in [1.807, 2.05) is 0 Å². The van der Waals surface area contributed by atoms with Crippen LogP contribution in [0.5, 0.6) is 0 Å². The van der Waals surface area contributed by atoms with E-state index in [0.717, 1.165) is 31.1 Å². The summed E-state index contributed by atoms with van der Waals surface area (Å²) < 4.78 is 5.72. The van der Waals surface area contributed by atoms with Gasteiger partial charge >= 0.3 is 5.97 Å². The van der Waals surface area contributed by atoms with E-state index in [1.165, 1.54) is 64.2 Å². The molecule has 0 aromatic rings. The number of carbonyl (C=O) groups excluding carboxylic acids is 1. The Morgan fingerprint density at radius 2 is 1.59 bits per heavy atom. The molecule has 4 saturated carbocycles. The number of rotatable bonds is 5. The summed E-state index contributed by atoms with van der Waals surface area (Å²) in [7, 11) is 0. The Morgan fingerprint density at radius 1 is 1.00 bits per heavy atom. The molecule has 0 unspecified atom stereocenters. The molecule has 2 bridgehead atoms. The number of unbranched alkanes of at least 4 members (excludes halogenated alkanes) is 1. The van der Waals surface area contributed by atoms with Crippen molar-refractivity contribution in [2.24, 2.45) is 17.3 Å². The maximum absolute atomic E-state index is 11.4. The van der Waals surface area contributed by atoms with E-state index in [2.05, 4.69) is 6.92 Å². The largest absolute Gasteiger partial charge is 0.459 e. The summed E-state index contributed by atoms with van der Waals surface area (Å²) in [6.07, 6.45) is 17.4. The third-order valence-corrected chi connectivity index (χ3v) is 7.27. The Hall–Kier alpha value is -0.530. The van der Waals surface area contributed by atoms with Crippen molar-refractivity contribution >= 4 is 5.97 Å². The van der Waals surface area contributed by atoms with Gasteiger partial charge in [0.25, 0.3) is 0 Å². The van der Waals surface area contributed by atoms with Crippen LogP contribution in [0.4, 0.5) is 0 Å². The minimum atomic E-state index is -0.0779. The van der Waals surface area contributed by atoms with Crippen molar-refractivity contribution in [3.8, 4) is 0 Å². The fourth-order valence-corrected chi connectivity index (χ4v) is 5.81. The predicted octanol–water partition coefficient (Wildman–Crippen LogP) is 5.64. The second-order valence-electron chi connectivity index (χ2n) is 8.50. The van der Waals surface area contributed by atoms with Gasteiger partial charge in [0.2, 0.25) is 0 Å². The molecule has 0 amide bonds. The summed E-state index contributed by atoms with van der Waals surface area (Å²) in [5.74, 6) is 1.90. The highest BCUT2D eigenvalue weighted by atomic mass is 16.6. The van der Waals surface area contributed by atoms with Crippen molar-refractivity contribution in [1.29, 1.82) is 0 Å². The molecule has 0 aliphatic heterocycles. The monoisotopic (exact) mass is 306 g/mol. The highest BCUT2D eigenvalue weighted by Crippen LogP contribution is 2.60. The van der Waals surface area contributed by atoms with E-state index in [4.69, 9.17) is 4.74 Å². The first kappa shape index (κ1) is 16.3. The highest BCUT2D eigenvalue weighted by Gasteiger charge is 2.53. The number of carbonyl (C=O) groups is 1. The van der Waals surface area contributed by atoms with Gasteiger partial charge in [-0.25, -0.2) is 0 Å². The minimum Gasteiger partial charge on any atom is -0.459 e. The number of hydrogen-bond acceptors (Lipinski definition) is 2. The first-order valence-corrected chi connectivity index (χ1v) is 9.77. The Bertz CT molecular complexity index is 368. The summed E-state index contributed by atoms with van der Waals surface area (Å²) in [6.45, 7) is 3.88. The fourth-order valence-electron chi connectivity index (χ4n) is 5.81. The standard InChI is InChI=1S/C20H34O2/c1-3-4-5-17-6-8-18(9-7-17)19-10-13-20(14-11-19,15-12-19)22-16(2)21/h17-18H,3-15H2,1-2H3. The molecule has 0 saturated heterocycles. The van der Waals surface area contributed by atoms with Gasteiger partial charge in [-0.3, -0.25) is 4.79 Å². The maximum atomic E-state index is 11.4. The molecule has 0 radical (unpaired) electrons. The lowest BCUT2D eigenvalue weighted by Crippen LogP contribution is -2.51. The molecule has 0 spiro atoms. The second-order valence-corrected chi connectivity index (χ2v) is 8.50. The van der Waals surface area contributed by atoms with E-state index in [0.29, 0.717) is 5.41 Å². The van der Waals surface area contributed by atoms with Crippen LogP contribution in [0.2, 0.25) is 0 Å². The van der Waals surface area contributed by atoms with E-state index in [9.17, 15) is 4.79 Å². The van der Waals surface area contributed by atoms with Gasteiger partial charge in [0, 0.05) is 6.92 Å². The summed E-state index contributed by atoms with van der Waals surface area (Å²) in [5, 5.41) is 0. The Labute approximate surface area is 136 Å². The van der Waals surface area contributed by atoms with Crippen molar-refractivity contribution < 1.29 is 9.53 Å². The lowest BCUT2D eigenvalue weighted by atomic mass is 9.51. The van der Waals surface area contributed by atoms with Crippen LogP contribution in [0.15, 0.2) is 0 Å². The lowest BCUT2D eigenvalue weighted by Gasteiger charge is -2.56. The zero-order chi connectivity index (χ0) is 15.6. The first-order valence-electron chi connectivity index (χ1n) is 9.77. The SMILES string of the molecule is CCCCC1CCC(C23CCC(OC(C)=O)(CC2)CC3)CC1. The van der Waals surface area contributed by atoms with Crippen molar-refractivity contribution in [2.75, 3.05) is 0 Å². The quantitative estimate of drug-likeness (QED) is 0.614. The predicted molar refractivity (Wildman–Crippen MR) is 89.6 cm³/mol. The average molecular weight is 306 g/mol. The van der Waals surface area contributed by atoms with Crippen molar-refractivity contribution in [2.45, 2.75) is 103 Å². The fraction of sp³-hybridized carbons (Fsp3) is 0.950. The molecule has 0 atom stereocenters. The lowest BCUT2D eigenvalue weighted by molar-refractivity contribution is -0.179. The molecular formula is C20H34O2. The van der Waals surface area contributed by atoms with Crippen LogP contribution in [0.3, 0.4) is 0 Å². The zero-order valence-corrected chi connectivity index (χ0v) is 14.7. The van der Waals surface area contributed by atoms with Crippen LogP contribution < -0.4 is 0 Å². The number of fused-ring (bicyclic) bond motifs is 3. The normalized spacial score (nSPS) is 41.4. The molecule has 22 heavy (non-hydrogen) atoms. The maximum Gasteiger partial charge on any atom is 0.303 e. The molecule has 4 fully saturated rings. The van der Waals surface area contributed by atoms with Crippen molar-refractivity contribution in [1.82, 2.24) is 0 Å². The number of ether oxygens (including phenoxy) is 1. The van der Waals surface area contributed by atoms with Crippen molar-refractivity contribution in [3.05, 3.63) is 0 Å². The molecule has 2 heteroatoms. The van der Waals surface area contributed by atoms with Gasteiger partial charge in [0.15, 0.2) is 0 Å². The molecule has 0 aromatic carbocycles. The molecule has 0 heterocycles. The van der Waals surface area contributed by atoms with Gasteiger partial charge < -0.3 is 4.74 Å². The van der Waals surface area contributed by atoms with Crippen LogP contribution in [0.25, 0.3) is 0 Å². The third kappa shape index (κ3) is 3.21. The van der Waals surface area contributed by atoms with Gasteiger partial charge in [0.05, 0.1) is 0 Å². The first-order chi connectivity index (χ1) is 10.6. The summed E-state index contributed by atoms with van der Waals surface area (Å²) in [6, 6.07) is 0. The van der Waals surface area contributed by atoms with Gasteiger partial charge in [-0.1, -0.05) is 39.0 Å². The van der Waals surface area contributed by atoms with Gasteiger partial charge in [0.1, 0.15) is 5.60 Å². The van der Waals surface area contributed by atoms with E-state index in [1.54, 1.807) is 6.92 Å². The van der Waals surface area contributed by atoms with Gasteiger partial charge in [-0.05, 0) is 68.6 Å². The van der Waals surface area contributed by atoms with Crippen LogP contribution in [0.1, 0.15) is 97.3 Å². The molecule has 4 rings (SSSR count). The second kappa shape index (κ2) is 6.53. The average Bonchev–Trinajstić information content (AvgIpc) is 2.54. The van der Waals surface area contributed by atoms with E-state index < -0.39 is 0 Å². The van der Waals surface area contributed by atoms with Crippen LogP contribution in [-0.4, -0.2) is 11.6 Å². The summed E-state index contributed by atoms with van der Waals surface area (Å²) >= 11 is 0. The minimum absolute atomic E-state index is 0.0775. The van der Waals surface area contributed by atoms with Gasteiger partial charge in [-0.15, -0.1) is 0 Å². The molecule has 4 aliphatic rings. The Balaban J connectivity index is 1.54. The Kier molecular flexibility index (Phi) is 4.85. The van der Waals surface area contributed by atoms with Crippen LogP contribution >= 0.6 is 0 Å². The van der Waals surface area contributed by atoms with E-state index in [-0.39, 0.29) is 11.6 Å². The molecular weight excluding hydrogens is 272 g/mol. The molecule has 2 nitrogen and oxygen atoms in total. The highest BCUT2D eigenvalue weighted by molar-refractivity contribution is 5.66. The van der Waals surface area contributed by atoms with Crippen LogP contribution in [-0.2, 0) is 9.53 Å². The van der Waals surface area contributed by atoms with Gasteiger partial charge in [-0.2, -0.15) is 0 Å². The molecule has 0 aromatic heterocycles.